The molecule has 84 valence electrons. The molecule has 0 aliphatic rings. The van der Waals surface area contributed by atoms with Crippen molar-refractivity contribution in [3.63, 3.8) is 0 Å². The molecular weight excluding hydrogens is 214 g/mol. The summed E-state index contributed by atoms with van der Waals surface area (Å²) in [6, 6.07) is 0. The van der Waals surface area contributed by atoms with Gasteiger partial charge in [0.25, 0.3) is 0 Å². The molecule has 1 aromatic rings. The van der Waals surface area contributed by atoms with E-state index in [4.69, 9.17) is 17.0 Å². The van der Waals surface area contributed by atoms with Gasteiger partial charge in [0.2, 0.25) is 0 Å². The molecular formula is C9H15N3O2S. The number of carbonyl (C=O) groups is 1. The summed E-state index contributed by atoms with van der Waals surface area (Å²) in [4.78, 5) is 11.5. The summed E-state index contributed by atoms with van der Waals surface area (Å²) < 4.78 is 7.31. The van der Waals surface area contributed by atoms with Gasteiger partial charge in [0.1, 0.15) is 17.8 Å². The van der Waals surface area contributed by atoms with Gasteiger partial charge in [-0.3, -0.25) is 9.89 Å². The van der Waals surface area contributed by atoms with Crippen molar-refractivity contribution in [2.24, 2.45) is 7.05 Å². The lowest BCUT2D eigenvalue weighted by atomic mass is 10.2. The Morgan fingerprint density at radius 3 is 2.60 bits per heavy atom. The van der Waals surface area contributed by atoms with E-state index in [1.807, 2.05) is 20.8 Å². The standard InChI is InChI=1S/C9H15N3O2S/c1-9(2,3)14-7(13)5-6-10-11-8(15)12(6)4/h5H2,1-4H3,(H,11,15). The van der Waals surface area contributed by atoms with Gasteiger partial charge in [-0.2, -0.15) is 5.10 Å². The first kappa shape index (κ1) is 11.9. The van der Waals surface area contributed by atoms with Crippen LogP contribution in [0.4, 0.5) is 0 Å². The van der Waals surface area contributed by atoms with Gasteiger partial charge in [0.05, 0.1) is 0 Å². The van der Waals surface area contributed by atoms with Gasteiger partial charge in [-0.25, -0.2) is 0 Å². The third-order valence-corrected chi connectivity index (χ3v) is 2.06. The molecule has 1 N–H and O–H groups in total. The smallest absolute Gasteiger partial charge is 0.314 e. The maximum absolute atomic E-state index is 11.5. The lowest BCUT2D eigenvalue weighted by molar-refractivity contribution is -0.154. The number of hydrogen-bond acceptors (Lipinski definition) is 4. The zero-order valence-corrected chi connectivity index (χ0v) is 10.1. The number of rotatable bonds is 2. The molecule has 0 saturated carbocycles. The van der Waals surface area contributed by atoms with Crippen LogP contribution in [0.15, 0.2) is 0 Å². The Bertz CT molecular complexity index is 414. The molecule has 0 radical (unpaired) electrons. The number of ether oxygens (including phenoxy) is 1. The molecule has 15 heavy (non-hydrogen) atoms. The molecule has 1 aromatic heterocycles. The van der Waals surface area contributed by atoms with Gasteiger partial charge in [-0.05, 0) is 33.0 Å². The van der Waals surface area contributed by atoms with Crippen molar-refractivity contribution in [1.29, 1.82) is 0 Å². The van der Waals surface area contributed by atoms with Gasteiger partial charge in [-0.1, -0.05) is 0 Å². The van der Waals surface area contributed by atoms with Crippen molar-refractivity contribution in [1.82, 2.24) is 14.8 Å². The fourth-order valence-electron chi connectivity index (χ4n) is 1.04. The number of nitrogens with zero attached hydrogens (tertiary/aromatic N) is 2. The molecule has 0 aromatic carbocycles. The molecule has 0 atom stereocenters. The van der Waals surface area contributed by atoms with E-state index in [9.17, 15) is 4.79 Å². The minimum absolute atomic E-state index is 0.126. The largest absolute Gasteiger partial charge is 0.460 e. The molecule has 6 heteroatoms. The number of esters is 1. The SMILES string of the molecule is Cn1c(CC(=O)OC(C)(C)C)n[nH]c1=S. The molecule has 0 unspecified atom stereocenters. The predicted octanol–water partition coefficient (Wildman–Crippen LogP) is 1.36. The third kappa shape index (κ3) is 3.47. The van der Waals surface area contributed by atoms with Gasteiger partial charge < -0.3 is 9.30 Å². The zero-order valence-electron chi connectivity index (χ0n) is 9.33. The second kappa shape index (κ2) is 4.14. The first-order chi connectivity index (χ1) is 6.79. The van der Waals surface area contributed by atoms with Crippen LogP contribution >= 0.6 is 12.2 Å². The summed E-state index contributed by atoms with van der Waals surface area (Å²) in [6.45, 7) is 5.48. The van der Waals surface area contributed by atoms with Crippen LogP contribution in [-0.2, 0) is 23.0 Å². The van der Waals surface area contributed by atoms with Crippen LogP contribution in [0, 0.1) is 4.77 Å². The molecule has 1 heterocycles. The van der Waals surface area contributed by atoms with Gasteiger partial charge in [0.15, 0.2) is 4.77 Å². The van der Waals surface area contributed by atoms with Crippen LogP contribution in [0.3, 0.4) is 0 Å². The molecule has 0 aliphatic carbocycles. The molecule has 0 fully saturated rings. The van der Waals surface area contributed by atoms with E-state index in [0.717, 1.165) is 0 Å². The number of hydrogen-bond donors (Lipinski definition) is 1. The van der Waals surface area contributed by atoms with E-state index in [-0.39, 0.29) is 12.4 Å². The summed E-state index contributed by atoms with van der Waals surface area (Å²) in [5, 5.41) is 6.54. The van der Waals surface area contributed by atoms with E-state index < -0.39 is 5.60 Å². The molecule has 0 spiro atoms. The van der Waals surface area contributed by atoms with Crippen LogP contribution in [0.1, 0.15) is 26.6 Å². The fourth-order valence-corrected chi connectivity index (χ4v) is 1.20. The highest BCUT2D eigenvalue weighted by molar-refractivity contribution is 7.71. The first-order valence-electron chi connectivity index (χ1n) is 4.62. The molecule has 0 bridgehead atoms. The van der Waals surface area contributed by atoms with Crippen LogP contribution in [0.25, 0.3) is 0 Å². The molecule has 0 aliphatic heterocycles. The maximum Gasteiger partial charge on any atom is 0.314 e. The van der Waals surface area contributed by atoms with Crippen molar-refractivity contribution in [3.05, 3.63) is 10.6 Å². The Morgan fingerprint density at radius 1 is 1.60 bits per heavy atom. The summed E-state index contributed by atoms with van der Waals surface area (Å²) in [5.41, 5.74) is -0.469. The number of H-pyrrole nitrogens is 1. The van der Waals surface area contributed by atoms with Gasteiger partial charge >= 0.3 is 5.97 Å². The van der Waals surface area contributed by atoms with E-state index in [1.165, 1.54) is 0 Å². The van der Waals surface area contributed by atoms with E-state index in [2.05, 4.69) is 10.2 Å². The minimum atomic E-state index is -0.469. The second-order valence-electron chi connectivity index (χ2n) is 4.27. The van der Waals surface area contributed by atoms with Crippen LogP contribution in [0.5, 0.6) is 0 Å². The average Bonchev–Trinajstić information content (AvgIpc) is 2.32. The monoisotopic (exact) mass is 229 g/mol. The second-order valence-corrected chi connectivity index (χ2v) is 4.65. The van der Waals surface area contributed by atoms with E-state index in [0.29, 0.717) is 10.6 Å². The minimum Gasteiger partial charge on any atom is -0.460 e. The zero-order chi connectivity index (χ0) is 11.6. The van der Waals surface area contributed by atoms with Crippen LogP contribution < -0.4 is 0 Å². The molecule has 0 saturated heterocycles. The Hall–Kier alpha value is -1.17. The summed E-state index contributed by atoms with van der Waals surface area (Å²) in [6.07, 6.45) is 0.126. The summed E-state index contributed by atoms with van der Waals surface area (Å²) >= 11 is 4.93. The fraction of sp³-hybridized carbons (Fsp3) is 0.667. The van der Waals surface area contributed by atoms with Crippen molar-refractivity contribution < 1.29 is 9.53 Å². The Labute approximate surface area is 93.4 Å². The number of aromatic nitrogens is 3. The Kier molecular flexibility index (Phi) is 3.28. The lowest BCUT2D eigenvalue weighted by Gasteiger charge is -2.19. The highest BCUT2D eigenvalue weighted by Crippen LogP contribution is 2.08. The van der Waals surface area contributed by atoms with Crippen LogP contribution in [0.2, 0.25) is 0 Å². The number of carbonyl (C=O) groups excluding carboxylic acids is 1. The van der Waals surface area contributed by atoms with Gasteiger partial charge in [0, 0.05) is 7.05 Å². The highest BCUT2D eigenvalue weighted by atomic mass is 32.1. The Balaban J connectivity index is 2.67. The van der Waals surface area contributed by atoms with E-state index >= 15 is 0 Å². The summed E-state index contributed by atoms with van der Waals surface area (Å²) in [5.74, 6) is 0.272. The van der Waals surface area contributed by atoms with Crippen molar-refractivity contribution in [2.75, 3.05) is 0 Å². The topological polar surface area (TPSA) is 59.9 Å². The summed E-state index contributed by atoms with van der Waals surface area (Å²) in [7, 11) is 1.76. The number of nitrogens with one attached hydrogen (secondary N) is 1. The van der Waals surface area contributed by atoms with Crippen molar-refractivity contribution in [3.8, 4) is 0 Å². The average molecular weight is 229 g/mol. The van der Waals surface area contributed by atoms with Gasteiger partial charge in [-0.15, -0.1) is 0 Å². The van der Waals surface area contributed by atoms with Crippen molar-refractivity contribution in [2.45, 2.75) is 32.8 Å². The van der Waals surface area contributed by atoms with E-state index in [1.54, 1.807) is 11.6 Å². The maximum atomic E-state index is 11.5. The highest BCUT2D eigenvalue weighted by Gasteiger charge is 2.18. The van der Waals surface area contributed by atoms with Crippen LogP contribution in [-0.4, -0.2) is 26.3 Å². The quantitative estimate of drug-likeness (QED) is 0.614. The lowest BCUT2D eigenvalue weighted by Crippen LogP contribution is -2.25. The number of aromatic amines is 1. The molecule has 5 nitrogen and oxygen atoms in total. The Morgan fingerprint density at radius 2 is 2.20 bits per heavy atom. The predicted molar refractivity (Wildman–Crippen MR) is 57.9 cm³/mol. The third-order valence-electron chi connectivity index (χ3n) is 1.69. The molecule has 0 amide bonds. The normalized spacial score (nSPS) is 11.5. The first-order valence-corrected chi connectivity index (χ1v) is 5.02. The molecule has 1 rings (SSSR count). The van der Waals surface area contributed by atoms with Crippen molar-refractivity contribution >= 4 is 18.2 Å².